The van der Waals surface area contributed by atoms with E-state index >= 15 is 0 Å². The quantitative estimate of drug-likeness (QED) is 0.825. The molecule has 0 amide bonds. The molecule has 0 fully saturated rings. The predicted molar refractivity (Wildman–Crippen MR) is 80.9 cm³/mol. The van der Waals surface area contributed by atoms with Crippen LogP contribution in [0.1, 0.15) is 24.2 Å². The molecule has 2 rings (SSSR count). The molecule has 20 heavy (non-hydrogen) atoms. The molecule has 0 unspecified atom stereocenters. The minimum absolute atomic E-state index is 0.216. The van der Waals surface area contributed by atoms with Crippen LogP contribution in [-0.2, 0) is 0 Å². The highest BCUT2D eigenvalue weighted by molar-refractivity contribution is 6.32. The Hall–Kier alpha value is -2.14. The summed E-state index contributed by atoms with van der Waals surface area (Å²) < 4.78 is 0. The van der Waals surface area contributed by atoms with Crippen molar-refractivity contribution in [2.75, 3.05) is 10.6 Å². The number of aldehydes is 1. The maximum atomic E-state index is 10.7. The van der Waals surface area contributed by atoms with Crippen molar-refractivity contribution in [1.29, 1.82) is 0 Å². The van der Waals surface area contributed by atoms with Crippen molar-refractivity contribution in [2.24, 2.45) is 0 Å². The van der Waals surface area contributed by atoms with Crippen LogP contribution in [-0.4, -0.2) is 22.3 Å². The van der Waals surface area contributed by atoms with Crippen molar-refractivity contribution in [2.45, 2.75) is 19.9 Å². The molecule has 0 aliphatic carbocycles. The zero-order valence-electron chi connectivity index (χ0n) is 11.2. The van der Waals surface area contributed by atoms with Gasteiger partial charge in [0.1, 0.15) is 11.3 Å². The fourth-order valence-corrected chi connectivity index (χ4v) is 1.77. The van der Waals surface area contributed by atoms with Gasteiger partial charge in [0.15, 0.2) is 5.82 Å². The zero-order valence-corrected chi connectivity index (χ0v) is 12.0. The van der Waals surface area contributed by atoms with Crippen molar-refractivity contribution in [3.05, 3.63) is 41.0 Å². The van der Waals surface area contributed by atoms with E-state index in [2.05, 4.69) is 20.6 Å². The Morgan fingerprint density at radius 1 is 1.35 bits per heavy atom. The van der Waals surface area contributed by atoms with Gasteiger partial charge in [-0.05, 0) is 26.0 Å². The number of carbonyl (C=O) groups excluding carboxylic acids is 1. The predicted octanol–water partition coefficient (Wildman–Crippen LogP) is 3.51. The van der Waals surface area contributed by atoms with Crippen molar-refractivity contribution < 1.29 is 4.79 Å². The van der Waals surface area contributed by atoms with Crippen LogP contribution in [0.3, 0.4) is 0 Å². The normalized spacial score (nSPS) is 10.4. The molecule has 1 aromatic heterocycles. The van der Waals surface area contributed by atoms with E-state index in [1.807, 2.05) is 19.9 Å². The number of hydrogen-bond donors (Lipinski definition) is 2. The average Bonchev–Trinajstić information content (AvgIpc) is 2.42. The molecule has 0 bridgehead atoms. The van der Waals surface area contributed by atoms with E-state index in [-0.39, 0.29) is 6.04 Å². The van der Waals surface area contributed by atoms with Gasteiger partial charge in [-0.3, -0.25) is 4.79 Å². The molecule has 0 saturated heterocycles. The van der Waals surface area contributed by atoms with E-state index in [1.165, 1.54) is 6.20 Å². The first-order chi connectivity index (χ1) is 9.58. The monoisotopic (exact) mass is 290 g/mol. The Morgan fingerprint density at radius 3 is 2.85 bits per heavy atom. The summed E-state index contributed by atoms with van der Waals surface area (Å²) in [7, 11) is 0. The van der Waals surface area contributed by atoms with Gasteiger partial charge >= 0.3 is 0 Å². The second-order valence-electron chi connectivity index (χ2n) is 4.56. The van der Waals surface area contributed by atoms with Crippen LogP contribution in [0, 0.1) is 0 Å². The molecule has 2 N–H and O–H groups in total. The first kappa shape index (κ1) is 14.3. The van der Waals surface area contributed by atoms with E-state index in [1.54, 1.807) is 18.2 Å². The van der Waals surface area contributed by atoms with Crippen molar-refractivity contribution in [1.82, 2.24) is 9.97 Å². The maximum Gasteiger partial charge on any atom is 0.229 e. The summed E-state index contributed by atoms with van der Waals surface area (Å²) in [5, 5.41) is 6.65. The number of nitrogens with one attached hydrogen (secondary N) is 2. The van der Waals surface area contributed by atoms with E-state index in [4.69, 9.17) is 11.6 Å². The molecule has 1 heterocycles. The number of nitrogens with zero attached hydrogens (tertiary/aromatic N) is 2. The molecule has 1 aromatic carbocycles. The van der Waals surface area contributed by atoms with Crippen LogP contribution < -0.4 is 10.6 Å². The molecular weight excluding hydrogens is 276 g/mol. The molecule has 6 heteroatoms. The van der Waals surface area contributed by atoms with Gasteiger partial charge in [-0.2, -0.15) is 4.98 Å². The molecular formula is C14H15ClN4O. The molecule has 0 atom stereocenters. The Morgan fingerprint density at radius 2 is 2.15 bits per heavy atom. The fraction of sp³-hybridized carbons (Fsp3) is 0.214. The number of benzene rings is 1. The highest BCUT2D eigenvalue weighted by Crippen LogP contribution is 2.22. The topological polar surface area (TPSA) is 66.9 Å². The van der Waals surface area contributed by atoms with Gasteiger partial charge in [-0.1, -0.05) is 23.7 Å². The van der Waals surface area contributed by atoms with E-state index in [0.717, 1.165) is 12.0 Å². The second kappa shape index (κ2) is 6.34. The lowest BCUT2D eigenvalue weighted by atomic mass is 10.2. The Labute approximate surface area is 122 Å². The fourth-order valence-electron chi connectivity index (χ4n) is 1.62. The largest absolute Gasteiger partial charge is 0.366 e. The SMILES string of the molecule is CC(C)Nc1nc(Nc2cccc(C=O)c2)ncc1Cl. The lowest BCUT2D eigenvalue weighted by Gasteiger charge is -2.12. The van der Waals surface area contributed by atoms with Crippen LogP contribution in [0.15, 0.2) is 30.5 Å². The molecule has 104 valence electrons. The smallest absolute Gasteiger partial charge is 0.229 e. The second-order valence-corrected chi connectivity index (χ2v) is 4.96. The third-order valence-corrected chi connectivity index (χ3v) is 2.72. The number of hydrogen-bond acceptors (Lipinski definition) is 5. The maximum absolute atomic E-state index is 10.7. The van der Waals surface area contributed by atoms with E-state index in [0.29, 0.717) is 22.4 Å². The number of rotatable bonds is 5. The van der Waals surface area contributed by atoms with E-state index < -0.39 is 0 Å². The molecule has 0 aliphatic heterocycles. The number of carbonyl (C=O) groups is 1. The van der Waals surface area contributed by atoms with Gasteiger partial charge < -0.3 is 10.6 Å². The number of aromatic nitrogens is 2. The Balaban J connectivity index is 2.22. The molecule has 2 aromatic rings. The van der Waals surface area contributed by atoms with Gasteiger partial charge in [0.05, 0.1) is 6.20 Å². The lowest BCUT2D eigenvalue weighted by Crippen LogP contribution is -2.12. The van der Waals surface area contributed by atoms with Gasteiger partial charge in [0.2, 0.25) is 5.95 Å². The molecule has 0 radical (unpaired) electrons. The van der Waals surface area contributed by atoms with Gasteiger partial charge in [-0.25, -0.2) is 4.98 Å². The van der Waals surface area contributed by atoms with Crippen molar-refractivity contribution >= 4 is 35.3 Å². The van der Waals surface area contributed by atoms with Gasteiger partial charge in [-0.15, -0.1) is 0 Å². The summed E-state index contributed by atoms with van der Waals surface area (Å²) in [6.45, 7) is 4.00. The third kappa shape index (κ3) is 3.68. The highest BCUT2D eigenvalue weighted by atomic mass is 35.5. The summed E-state index contributed by atoms with van der Waals surface area (Å²) in [5.41, 5.74) is 1.33. The molecule has 0 saturated carbocycles. The van der Waals surface area contributed by atoms with Crippen molar-refractivity contribution in [3.63, 3.8) is 0 Å². The highest BCUT2D eigenvalue weighted by Gasteiger charge is 2.07. The minimum Gasteiger partial charge on any atom is -0.366 e. The van der Waals surface area contributed by atoms with Gasteiger partial charge in [0.25, 0.3) is 0 Å². The summed E-state index contributed by atoms with van der Waals surface area (Å²) in [6, 6.07) is 7.29. The minimum atomic E-state index is 0.216. The standard InChI is InChI=1S/C14H15ClN4O/c1-9(2)17-13-12(15)7-16-14(19-13)18-11-5-3-4-10(6-11)8-20/h3-9H,1-2H3,(H2,16,17,18,19). The molecule has 0 aliphatic rings. The number of anilines is 3. The summed E-state index contributed by atoms with van der Waals surface area (Å²) in [4.78, 5) is 19.2. The summed E-state index contributed by atoms with van der Waals surface area (Å²) in [6.07, 6.45) is 2.32. The third-order valence-electron chi connectivity index (χ3n) is 2.45. The van der Waals surface area contributed by atoms with Crippen LogP contribution in [0.25, 0.3) is 0 Å². The molecule has 5 nitrogen and oxygen atoms in total. The van der Waals surface area contributed by atoms with Gasteiger partial charge in [0, 0.05) is 17.3 Å². The Bertz CT molecular complexity index is 616. The lowest BCUT2D eigenvalue weighted by molar-refractivity contribution is 0.112. The summed E-state index contributed by atoms with van der Waals surface area (Å²) >= 11 is 6.03. The van der Waals surface area contributed by atoms with Crippen molar-refractivity contribution in [3.8, 4) is 0 Å². The summed E-state index contributed by atoms with van der Waals surface area (Å²) in [5.74, 6) is 0.992. The number of halogens is 1. The zero-order chi connectivity index (χ0) is 14.5. The average molecular weight is 291 g/mol. The van der Waals surface area contributed by atoms with Crippen LogP contribution in [0.4, 0.5) is 17.5 Å². The first-order valence-electron chi connectivity index (χ1n) is 6.20. The van der Waals surface area contributed by atoms with Crippen LogP contribution in [0.5, 0.6) is 0 Å². The first-order valence-corrected chi connectivity index (χ1v) is 6.57. The van der Waals surface area contributed by atoms with Crippen LogP contribution in [0.2, 0.25) is 5.02 Å². The van der Waals surface area contributed by atoms with Crippen LogP contribution >= 0.6 is 11.6 Å². The Kier molecular flexibility index (Phi) is 4.53. The van der Waals surface area contributed by atoms with E-state index in [9.17, 15) is 4.79 Å². The molecule has 0 spiro atoms.